The fourth-order valence-electron chi connectivity index (χ4n) is 5.96. The van der Waals surface area contributed by atoms with E-state index in [1.165, 1.54) is 109 Å². The summed E-state index contributed by atoms with van der Waals surface area (Å²) in [5.74, 6) is -0.346. The van der Waals surface area contributed by atoms with Gasteiger partial charge < -0.3 is 27.9 Å². The number of likely N-dealkylation sites (N-methyl/N-ethyl adjacent to an activating group) is 1. The van der Waals surface area contributed by atoms with Crippen LogP contribution in [-0.4, -0.2) is 70.7 Å². The van der Waals surface area contributed by atoms with Crippen molar-refractivity contribution in [3.05, 3.63) is 36.5 Å². The van der Waals surface area contributed by atoms with E-state index in [1.54, 1.807) is 0 Å². The Morgan fingerprint density at radius 3 is 1.52 bits per heavy atom. The number of quaternary nitrogens is 1. The molecule has 2 atom stereocenters. The highest BCUT2D eigenvalue weighted by Gasteiger charge is 2.20. The summed E-state index contributed by atoms with van der Waals surface area (Å²) in [6.45, 7) is 5.39. The van der Waals surface area contributed by atoms with Crippen LogP contribution in [0.25, 0.3) is 0 Å². The first-order chi connectivity index (χ1) is 26.1. The zero-order valence-corrected chi connectivity index (χ0v) is 36.8. The van der Waals surface area contributed by atoms with Crippen molar-refractivity contribution in [2.45, 2.75) is 193 Å². The molecule has 0 amide bonds. The first-order valence-corrected chi connectivity index (χ1v) is 23.7. The molecule has 9 heteroatoms. The van der Waals surface area contributed by atoms with Crippen molar-refractivity contribution >= 4 is 13.8 Å². The number of carbonyl (C=O) groups excluding carboxylic acids is 1. The number of rotatable bonds is 41. The molecule has 0 aliphatic carbocycles. The van der Waals surface area contributed by atoms with Crippen molar-refractivity contribution in [2.75, 3.05) is 54.1 Å². The van der Waals surface area contributed by atoms with Crippen LogP contribution in [0.1, 0.15) is 187 Å². The van der Waals surface area contributed by atoms with Crippen molar-refractivity contribution in [2.24, 2.45) is 0 Å². The second-order valence-corrected chi connectivity index (χ2v) is 17.5. The molecule has 0 N–H and O–H groups in total. The minimum atomic E-state index is -4.52. The number of hydrogen-bond donors (Lipinski definition) is 0. The van der Waals surface area contributed by atoms with E-state index in [-0.39, 0.29) is 25.8 Å². The molecule has 0 radical (unpaired) electrons. The summed E-state index contributed by atoms with van der Waals surface area (Å²) in [6, 6.07) is 0. The van der Waals surface area contributed by atoms with Gasteiger partial charge in [0, 0.05) is 13.0 Å². The first-order valence-electron chi connectivity index (χ1n) is 22.2. The van der Waals surface area contributed by atoms with E-state index in [9.17, 15) is 14.3 Å². The van der Waals surface area contributed by atoms with Gasteiger partial charge in [-0.1, -0.05) is 166 Å². The minimum Gasteiger partial charge on any atom is -0.756 e. The van der Waals surface area contributed by atoms with Gasteiger partial charge in [0.15, 0.2) is 0 Å². The SMILES string of the molecule is CCCCCCC/C=C\C/C=C\C/C=C\CCCCCCCCC(=O)OC(COCCCCCCCCCCCCC)COP(=O)([O-])OCC[N+](C)(C)C. The Hall–Kier alpha value is -1.28. The van der Waals surface area contributed by atoms with Gasteiger partial charge in [0.25, 0.3) is 7.82 Å². The van der Waals surface area contributed by atoms with Crippen LogP contribution in [0, 0.1) is 0 Å². The molecule has 0 spiro atoms. The summed E-state index contributed by atoms with van der Waals surface area (Å²) in [7, 11) is 1.35. The second kappa shape index (κ2) is 38.6. The Labute approximate surface area is 334 Å². The molecule has 54 heavy (non-hydrogen) atoms. The van der Waals surface area contributed by atoms with Gasteiger partial charge in [-0.3, -0.25) is 9.36 Å². The largest absolute Gasteiger partial charge is 0.756 e. The molecule has 0 aromatic carbocycles. The van der Waals surface area contributed by atoms with Crippen LogP contribution in [0.3, 0.4) is 0 Å². The molecule has 0 heterocycles. The molecule has 0 aliphatic heterocycles. The normalized spacial score (nSPS) is 14.1. The van der Waals surface area contributed by atoms with Crippen LogP contribution in [0.5, 0.6) is 0 Å². The molecule has 0 aromatic heterocycles. The number of ether oxygens (including phenoxy) is 2. The molecule has 2 unspecified atom stereocenters. The van der Waals surface area contributed by atoms with E-state index < -0.39 is 13.9 Å². The second-order valence-electron chi connectivity index (χ2n) is 16.1. The fourth-order valence-corrected chi connectivity index (χ4v) is 6.69. The molecule has 0 saturated heterocycles. The molecule has 0 saturated carbocycles. The predicted molar refractivity (Wildman–Crippen MR) is 227 cm³/mol. The van der Waals surface area contributed by atoms with E-state index in [2.05, 4.69) is 50.3 Å². The van der Waals surface area contributed by atoms with E-state index >= 15 is 0 Å². The molecule has 8 nitrogen and oxygen atoms in total. The highest BCUT2D eigenvalue weighted by Crippen LogP contribution is 2.38. The molecule has 0 aliphatic rings. The van der Waals surface area contributed by atoms with Crippen molar-refractivity contribution in [1.82, 2.24) is 0 Å². The molecule has 0 fully saturated rings. The number of allylic oxidation sites excluding steroid dienone is 6. The third kappa shape index (κ3) is 41.9. The third-order valence-corrected chi connectivity index (χ3v) is 10.4. The molecule has 0 rings (SSSR count). The molecule has 318 valence electrons. The summed E-state index contributed by atoms with van der Waals surface area (Å²) in [5.41, 5.74) is 0. The van der Waals surface area contributed by atoms with Crippen LogP contribution >= 0.6 is 7.82 Å². The van der Waals surface area contributed by atoms with Crippen molar-refractivity contribution in [3.63, 3.8) is 0 Å². The van der Waals surface area contributed by atoms with Crippen molar-refractivity contribution in [1.29, 1.82) is 0 Å². The lowest BCUT2D eigenvalue weighted by atomic mass is 10.1. The first kappa shape index (κ1) is 52.7. The number of phosphoric ester groups is 1. The summed E-state index contributed by atoms with van der Waals surface area (Å²) in [4.78, 5) is 25.0. The maximum absolute atomic E-state index is 12.7. The minimum absolute atomic E-state index is 0.0238. The predicted octanol–water partition coefficient (Wildman–Crippen LogP) is 12.4. The number of hydrogen-bond acceptors (Lipinski definition) is 7. The lowest BCUT2D eigenvalue weighted by Gasteiger charge is -2.28. The van der Waals surface area contributed by atoms with Gasteiger partial charge in [-0.05, 0) is 51.4 Å². The standard InChI is InChI=1S/C45H86NO7P/c1-6-8-10-12-14-16-18-19-20-21-22-23-24-25-26-27-28-30-32-34-36-38-45(47)53-44(43-52-54(48,49)51-41-39-46(3,4)5)42-50-40-37-35-33-31-29-17-15-13-11-9-7-2/h18-19,21-22,24-25,44H,6-17,20,23,26-43H2,1-5H3/b19-18-,22-21-,25-24-. The average molecular weight is 784 g/mol. The number of nitrogens with zero attached hydrogens (tertiary/aromatic N) is 1. The van der Waals surface area contributed by atoms with Crippen LogP contribution in [0.15, 0.2) is 36.5 Å². The highest BCUT2D eigenvalue weighted by atomic mass is 31.2. The molecule has 0 bridgehead atoms. The van der Waals surface area contributed by atoms with Crippen LogP contribution < -0.4 is 4.89 Å². The third-order valence-electron chi connectivity index (χ3n) is 9.44. The molecular weight excluding hydrogens is 697 g/mol. The number of unbranched alkanes of at least 4 members (excludes halogenated alkanes) is 21. The van der Waals surface area contributed by atoms with E-state index in [0.717, 1.165) is 57.8 Å². The Balaban J connectivity index is 4.21. The van der Waals surface area contributed by atoms with Gasteiger partial charge in [-0.25, -0.2) is 0 Å². The zero-order valence-electron chi connectivity index (χ0n) is 35.9. The number of esters is 1. The quantitative estimate of drug-likeness (QED) is 0.0200. The van der Waals surface area contributed by atoms with E-state index in [1.807, 2.05) is 21.1 Å². The fraction of sp³-hybridized carbons (Fsp3) is 0.844. The highest BCUT2D eigenvalue weighted by molar-refractivity contribution is 7.45. The smallest absolute Gasteiger partial charge is 0.306 e. The monoisotopic (exact) mass is 784 g/mol. The van der Waals surface area contributed by atoms with Gasteiger partial charge in [-0.15, -0.1) is 0 Å². The molecular formula is C45H86NO7P. The number of carbonyl (C=O) groups is 1. The van der Waals surface area contributed by atoms with Crippen molar-refractivity contribution < 1.29 is 37.3 Å². The summed E-state index contributed by atoms with van der Waals surface area (Å²) < 4.78 is 34.5. The summed E-state index contributed by atoms with van der Waals surface area (Å²) in [6.07, 6.45) is 44.4. The van der Waals surface area contributed by atoms with Crippen molar-refractivity contribution in [3.8, 4) is 0 Å². The summed E-state index contributed by atoms with van der Waals surface area (Å²) in [5, 5.41) is 0. The van der Waals surface area contributed by atoms with E-state index in [4.69, 9.17) is 18.5 Å². The van der Waals surface area contributed by atoms with Gasteiger partial charge in [0.1, 0.15) is 19.3 Å². The number of phosphoric acid groups is 1. The van der Waals surface area contributed by atoms with Crippen LogP contribution in [0.4, 0.5) is 0 Å². The Bertz CT molecular complexity index is 962. The lowest BCUT2D eigenvalue weighted by molar-refractivity contribution is -0.870. The lowest BCUT2D eigenvalue weighted by Crippen LogP contribution is -2.37. The Kier molecular flexibility index (Phi) is 37.7. The maximum atomic E-state index is 12.7. The van der Waals surface area contributed by atoms with Gasteiger partial charge in [0.2, 0.25) is 0 Å². The van der Waals surface area contributed by atoms with Crippen LogP contribution in [0.2, 0.25) is 0 Å². The van der Waals surface area contributed by atoms with Gasteiger partial charge in [0.05, 0.1) is 34.4 Å². The topological polar surface area (TPSA) is 94.1 Å². The zero-order chi connectivity index (χ0) is 39.9. The van der Waals surface area contributed by atoms with Gasteiger partial charge >= 0.3 is 5.97 Å². The maximum Gasteiger partial charge on any atom is 0.306 e. The van der Waals surface area contributed by atoms with E-state index in [0.29, 0.717) is 24.1 Å². The summed E-state index contributed by atoms with van der Waals surface area (Å²) >= 11 is 0. The Morgan fingerprint density at radius 1 is 0.574 bits per heavy atom. The van der Waals surface area contributed by atoms with Crippen LogP contribution in [-0.2, 0) is 27.9 Å². The Morgan fingerprint density at radius 2 is 1.02 bits per heavy atom. The molecule has 0 aromatic rings. The average Bonchev–Trinajstić information content (AvgIpc) is 3.12. The van der Waals surface area contributed by atoms with Gasteiger partial charge in [-0.2, -0.15) is 0 Å².